The van der Waals surface area contributed by atoms with Crippen LogP contribution in [0.2, 0.25) is 0 Å². The van der Waals surface area contributed by atoms with Crippen LogP contribution in [0.25, 0.3) is 0 Å². The van der Waals surface area contributed by atoms with Gasteiger partial charge in [-0.05, 0) is 6.92 Å². The Labute approximate surface area is 52.5 Å². The van der Waals surface area contributed by atoms with E-state index in [0.717, 1.165) is 0 Å². The molecular weight excluding hydrogens is 104 g/mol. The maximum atomic E-state index is 8.07. The highest BCUT2D eigenvalue weighted by molar-refractivity contribution is 4.18. The quantitative estimate of drug-likeness (QED) is 0.571. The third-order valence-electron chi connectivity index (χ3n) is 0.440. The van der Waals surface area contributed by atoms with Crippen molar-refractivity contribution >= 4 is 0 Å². The van der Waals surface area contributed by atoms with E-state index in [4.69, 9.17) is 9.84 Å². The molecule has 54 valence electrons. The Morgan fingerprint density at radius 3 is 2.00 bits per heavy atom. The van der Waals surface area contributed by atoms with Crippen LogP contribution in [0.3, 0.4) is 0 Å². The van der Waals surface area contributed by atoms with E-state index in [1.165, 1.54) is 0 Å². The maximum Gasteiger partial charge on any atom is 0.0697 e. The molecule has 0 aromatic heterocycles. The number of rotatable bonds is 3. The molecule has 0 fully saturated rings. The fourth-order valence-corrected chi connectivity index (χ4v) is 0.209. The van der Waals surface area contributed by atoms with E-state index in [9.17, 15) is 0 Å². The Bertz CT molecular complexity index is 18.5. The molecule has 0 heterocycles. The maximum absolute atomic E-state index is 8.07. The number of aliphatic hydroxyl groups is 1. The minimum Gasteiger partial charge on any atom is -0.394 e. The van der Waals surface area contributed by atoms with Gasteiger partial charge in [0, 0.05) is 6.61 Å². The molecule has 8 heavy (non-hydrogen) atoms. The highest BCUT2D eigenvalue weighted by Gasteiger charge is 1.73. The molecule has 0 aliphatic rings. The van der Waals surface area contributed by atoms with Crippen LogP contribution < -0.4 is 0 Å². The fourth-order valence-electron chi connectivity index (χ4n) is 0.209. The highest BCUT2D eigenvalue weighted by Crippen LogP contribution is 1.66. The first-order valence-corrected chi connectivity index (χ1v) is 2.10. The molecule has 0 unspecified atom stereocenters. The molecule has 2 nitrogen and oxygen atoms in total. The van der Waals surface area contributed by atoms with Crippen LogP contribution in [0, 0.1) is 0 Å². The molecule has 0 saturated carbocycles. The lowest BCUT2D eigenvalue weighted by atomic mass is 10.8. The number of ether oxygens (including phenoxy) is 1. The molecule has 0 aliphatic carbocycles. The molecule has 2 heteroatoms. The van der Waals surface area contributed by atoms with Crippen molar-refractivity contribution in [3.63, 3.8) is 0 Å². The minimum absolute atomic E-state index is 0. The van der Waals surface area contributed by atoms with E-state index in [1.807, 2.05) is 6.92 Å². The SMILES string of the molecule is C.C.CCOCCO. The van der Waals surface area contributed by atoms with Crippen molar-refractivity contribution in [1.82, 2.24) is 0 Å². The second kappa shape index (κ2) is 15.8. The van der Waals surface area contributed by atoms with Gasteiger partial charge in [-0.1, -0.05) is 14.9 Å². The lowest BCUT2D eigenvalue weighted by molar-refractivity contribution is 0.102. The van der Waals surface area contributed by atoms with Crippen LogP contribution in [-0.2, 0) is 4.74 Å². The molecule has 0 radical (unpaired) electrons. The molecule has 0 saturated heterocycles. The number of aliphatic hydroxyl groups excluding tert-OH is 1. The summed E-state index contributed by atoms with van der Waals surface area (Å²) in [6, 6.07) is 0. The van der Waals surface area contributed by atoms with Gasteiger partial charge in [-0.2, -0.15) is 0 Å². The van der Waals surface area contributed by atoms with Crippen LogP contribution in [0.4, 0.5) is 0 Å². The molecule has 0 spiro atoms. The zero-order chi connectivity index (χ0) is 4.83. The first-order chi connectivity index (χ1) is 2.91. The van der Waals surface area contributed by atoms with Gasteiger partial charge in [0.1, 0.15) is 0 Å². The molecule has 0 bridgehead atoms. The molecule has 1 N–H and O–H groups in total. The predicted molar refractivity (Wildman–Crippen MR) is 37.0 cm³/mol. The molecule has 0 amide bonds. The van der Waals surface area contributed by atoms with Crippen LogP contribution in [-0.4, -0.2) is 24.9 Å². The monoisotopic (exact) mass is 122 g/mol. The van der Waals surface area contributed by atoms with Gasteiger partial charge in [-0.3, -0.25) is 0 Å². The molecular formula is C6H18O2. The number of hydrogen-bond donors (Lipinski definition) is 1. The third-order valence-corrected chi connectivity index (χ3v) is 0.440. The van der Waals surface area contributed by atoms with E-state index < -0.39 is 0 Å². The lowest BCUT2D eigenvalue weighted by Gasteiger charge is -1.91. The second-order valence-electron chi connectivity index (χ2n) is 0.921. The van der Waals surface area contributed by atoms with Crippen molar-refractivity contribution in [3.05, 3.63) is 0 Å². The Hall–Kier alpha value is -0.0800. The predicted octanol–water partition coefficient (Wildman–Crippen LogP) is 1.29. The van der Waals surface area contributed by atoms with Crippen LogP contribution in [0.1, 0.15) is 21.8 Å². The van der Waals surface area contributed by atoms with Gasteiger partial charge < -0.3 is 9.84 Å². The first-order valence-electron chi connectivity index (χ1n) is 2.10. The highest BCUT2D eigenvalue weighted by atomic mass is 16.5. The van der Waals surface area contributed by atoms with Gasteiger partial charge in [-0.15, -0.1) is 0 Å². The minimum atomic E-state index is 0. The van der Waals surface area contributed by atoms with Gasteiger partial charge in [0.15, 0.2) is 0 Å². The van der Waals surface area contributed by atoms with Gasteiger partial charge in [-0.25, -0.2) is 0 Å². The molecule has 0 aliphatic heterocycles. The molecule has 0 aromatic rings. The van der Waals surface area contributed by atoms with Crippen molar-refractivity contribution in [3.8, 4) is 0 Å². The van der Waals surface area contributed by atoms with E-state index >= 15 is 0 Å². The van der Waals surface area contributed by atoms with Gasteiger partial charge in [0.05, 0.1) is 13.2 Å². The standard InChI is InChI=1S/C4H10O2.2CH4/c1-2-6-4-3-5;;/h5H,2-4H2,1H3;2*1H4. The summed E-state index contributed by atoms with van der Waals surface area (Å²) < 4.78 is 4.73. The Morgan fingerprint density at radius 1 is 1.38 bits per heavy atom. The topological polar surface area (TPSA) is 29.5 Å². The normalized spacial score (nSPS) is 6.75. The van der Waals surface area contributed by atoms with E-state index in [1.54, 1.807) is 0 Å². The van der Waals surface area contributed by atoms with E-state index in [0.29, 0.717) is 13.2 Å². The van der Waals surface area contributed by atoms with E-state index in [2.05, 4.69) is 0 Å². The van der Waals surface area contributed by atoms with Crippen LogP contribution in [0.5, 0.6) is 0 Å². The summed E-state index contributed by atoms with van der Waals surface area (Å²) in [5, 5.41) is 8.07. The largest absolute Gasteiger partial charge is 0.394 e. The first kappa shape index (κ1) is 15.7. The summed E-state index contributed by atoms with van der Waals surface area (Å²) in [6.07, 6.45) is 0. The second-order valence-corrected chi connectivity index (χ2v) is 0.921. The van der Waals surface area contributed by atoms with Gasteiger partial charge in [0.25, 0.3) is 0 Å². The zero-order valence-corrected chi connectivity index (χ0v) is 3.98. The summed E-state index contributed by atoms with van der Waals surface area (Å²) in [7, 11) is 0. The summed E-state index contributed by atoms with van der Waals surface area (Å²) in [5.74, 6) is 0. The van der Waals surface area contributed by atoms with E-state index in [-0.39, 0.29) is 21.5 Å². The van der Waals surface area contributed by atoms with Gasteiger partial charge in [0.2, 0.25) is 0 Å². The van der Waals surface area contributed by atoms with Crippen molar-refractivity contribution < 1.29 is 9.84 Å². The summed E-state index contributed by atoms with van der Waals surface area (Å²) >= 11 is 0. The molecule has 0 atom stereocenters. The summed E-state index contributed by atoms with van der Waals surface area (Å²) in [5.41, 5.74) is 0. The summed E-state index contributed by atoms with van der Waals surface area (Å²) in [4.78, 5) is 0. The molecule has 0 rings (SSSR count). The van der Waals surface area contributed by atoms with Crippen LogP contribution in [0.15, 0.2) is 0 Å². The average molecular weight is 122 g/mol. The summed E-state index contributed by atoms with van der Waals surface area (Å²) in [6.45, 7) is 3.20. The zero-order valence-electron chi connectivity index (χ0n) is 3.98. The third kappa shape index (κ3) is 16.8. The van der Waals surface area contributed by atoms with Crippen molar-refractivity contribution in [2.45, 2.75) is 21.8 Å². The Balaban J connectivity index is -0.000000125. The molecule has 0 aromatic carbocycles. The van der Waals surface area contributed by atoms with Crippen LogP contribution >= 0.6 is 0 Å². The van der Waals surface area contributed by atoms with Crippen molar-refractivity contribution in [2.24, 2.45) is 0 Å². The lowest BCUT2D eigenvalue weighted by Crippen LogP contribution is -1.96. The number of hydrogen-bond acceptors (Lipinski definition) is 2. The Morgan fingerprint density at radius 2 is 1.88 bits per heavy atom. The average Bonchev–Trinajstić information content (AvgIpc) is 1.61. The van der Waals surface area contributed by atoms with Crippen molar-refractivity contribution in [1.29, 1.82) is 0 Å². The smallest absolute Gasteiger partial charge is 0.0697 e. The van der Waals surface area contributed by atoms with Gasteiger partial charge >= 0.3 is 0 Å². The Kier molecular flexibility index (Phi) is 30.9. The fraction of sp³-hybridized carbons (Fsp3) is 1.00. The van der Waals surface area contributed by atoms with Crippen molar-refractivity contribution in [2.75, 3.05) is 19.8 Å².